The van der Waals surface area contributed by atoms with Crippen LogP contribution in [0.2, 0.25) is 0 Å². The molecular weight excluding hydrogens is 324 g/mol. The molecule has 5 heteroatoms. The van der Waals surface area contributed by atoms with Gasteiger partial charge >= 0.3 is 0 Å². The van der Waals surface area contributed by atoms with E-state index in [1.54, 1.807) is 11.3 Å². The molecule has 2 heterocycles. The van der Waals surface area contributed by atoms with Gasteiger partial charge in [0.05, 0.1) is 0 Å². The van der Waals surface area contributed by atoms with E-state index in [9.17, 15) is 4.79 Å². The van der Waals surface area contributed by atoms with Crippen LogP contribution in [0.1, 0.15) is 41.4 Å². The van der Waals surface area contributed by atoms with Gasteiger partial charge in [-0.1, -0.05) is 32.0 Å². The molecule has 0 aliphatic carbocycles. The summed E-state index contributed by atoms with van der Waals surface area (Å²) in [6.07, 6.45) is 0. The summed E-state index contributed by atoms with van der Waals surface area (Å²) in [5.41, 5.74) is 4.65. The minimum absolute atomic E-state index is 0.154. The fourth-order valence-electron chi connectivity index (χ4n) is 2.42. The summed E-state index contributed by atoms with van der Waals surface area (Å²) in [6.45, 7) is 6.27. The molecule has 0 aliphatic rings. The highest BCUT2D eigenvalue weighted by molar-refractivity contribution is 7.14. The second kappa shape index (κ2) is 6.64. The topological polar surface area (TPSA) is 42.0 Å². The molecule has 118 valence electrons. The van der Waals surface area contributed by atoms with E-state index in [0.717, 1.165) is 27.4 Å². The fraction of sp³-hybridized carbons (Fsp3) is 0.222. The summed E-state index contributed by atoms with van der Waals surface area (Å²) in [5, 5.41) is 9.79. The van der Waals surface area contributed by atoms with Gasteiger partial charge in [-0.2, -0.15) is 11.3 Å². The number of thiazole rings is 1. The Kier molecular flexibility index (Phi) is 4.59. The SMILES string of the molecule is Cc1cccc(C(C)C)c1NC(=O)c1csc(-c2ccsc2)n1. The molecule has 3 aromatic rings. The molecule has 0 unspecified atom stereocenters. The number of carbonyl (C=O) groups excluding carboxylic acids is 1. The first-order chi connectivity index (χ1) is 11.1. The molecule has 1 N–H and O–H groups in total. The Labute approximate surface area is 144 Å². The summed E-state index contributed by atoms with van der Waals surface area (Å²) >= 11 is 3.12. The number of amides is 1. The van der Waals surface area contributed by atoms with Gasteiger partial charge in [0.2, 0.25) is 0 Å². The summed E-state index contributed by atoms with van der Waals surface area (Å²) in [4.78, 5) is 17.0. The summed E-state index contributed by atoms with van der Waals surface area (Å²) in [6, 6.07) is 8.12. The summed E-state index contributed by atoms with van der Waals surface area (Å²) < 4.78 is 0. The number of para-hydroxylation sites is 1. The van der Waals surface area contributed by atoms with E-state index in [2.05, 4.69) is 30.2 Å². The normalized spacial score (nSPS) is 11.0. The van der Waals surface area contributed by atoms with Crippen molar-refractivity contribution < 1.29 is 4.79 Å². The van der Waals surface area contributed by atoms with Crippen molar-refractivity contribution in [3.63, 3.8) is 0 Å². The van der Waals surface area contributed by atoms with Gasteiger partial charge in [0.1, 0.15) is 10.7 Å². The lowest BCUT2D eigenvalue weighted by molar-refractivity contribution is 0.102. The van der Waals surface area contributed by atoms with Gasteiger partial charge in [-0.25, -0.2) is 4.98 Å². The van der Waals surface area contributed by atoms with Crippen molar-refractivity contribution in [1.82, 2.24) is 4.98 Å². The van der Waals surface area contributed by atoms with Crippen LogP contribution in [0.25, 0.3) is 10.6 Å². The van der Waals surface area contributed by atoms with Gasteiger partial charge < -0.3 is 5.32 Å². The van der Waals surface area contributed by atoms with E-state index in [1.807, 2.05) is 41.3 Å². The maximum Gasteiger partial charge on any atom is 0.275 e. The van der Waals surface area contributed by atoms with E-state index < -0.39 is 0 Å². The average Bonchev–Trinajstić information content (AvgIpc) is 3.19. The van der Waals surface area contributed by atoms with Crippen LogP contribution in [0.15, 0.2) is 40.4 Å². The zero-order chi connectivity index (χ0) is 16.4. The Bertz CT molecular complexity index is 819. The largest absolute Gasteiger partial charge is 0.320 e. The molecule has 0 saturated heterocycles. The molecule has 0 saturated carbocycles. The highest BCUT2D eigenvalue weighted by atomic mass is 32.1. The Hall–Kier alpha value is -1.98. The minimum Gasteiger partial charge on any atom is -0.320 e. The number of hydrogen-bond acceptors (Lipinski definition) is 4. The molecule has 1 amide bonds. The van der Waals surface area contributed by atoms with E-state index >= 15 is 0 Å². The van der Waals surface area contributed by atoms with Crippen LogP contribution in [0.3, 0.4) is 0 Å². The third kappa shape index (κ3) is 3.35. The lowest BCUT2D eigenvalue weighted by Gasteiger charge is -2.15. The number of anilines is 1. The zero-order valence-corrected chi connectivity index (χ0v) is 14.9. The smallest absolute Gasteiger partial charge is 0.275 e. The minimum atomic E-state index is -0.154. The predicted molar refractivity (Wildman–Crippen MR) is 98.6 cm³/mol. The summed E-state index contributed by atoms with van der Waals surface area (Å²) in [5.74, 6) is 0.195. The van der Waals surface area contributed by atoms with Crippen LogP contribution in [0, 0.1) is 6.92 Å². The number of hydrogen-bond donors (Lipinski definition) is 1. The second-order valence-electron chi connectivity index (χ2n) is 5.70. The van der Waals surface area contributed by atoms with Gasteiger partial charge in [0.25, 0.3) is 5.91 Å². The van der Waals surface area contributed by atoms with Crippen molar-refractivity contribution in [1.29, 1.82) is 0 Å². The molecule has 0 fully saturated rings. The first-order valence-electron chi connectivity index (χ1n) is 7.45. The molecule has 0 aliphatic heterocycles. The van der Waals surface area contributed by atoms with Gasteiger partial charge in [-0.05, 0) is 35.4 Å². The van der Waals surface area contributed by atoms with Crippen molar-refractivity contribution in [2.75, 3.05) is 5.32 Å². The molecule has 2 aromatic heterocycles. The van der Waals surface area contributed by atoms with Crippen molar-refractivity contribution in [3.05, 3.63) is 57.2 Å². The van der Waals surface area contributed by atoms with E-state index in [0.29, 0.717) is 11.6 Å². The standard InChI is InChI=1S/C18H18N2OS2/c1-11(2)14-6-4-5-12(3)16(14)20-17(21)15-10-23-18(19-15)13-7-8-22-9-13/h4-11H,1-3H3,(H,20,21). The second-order valence-corrected chi connectivity index (χ2v) is 7.34. The highest BCUT2D eigenvalue weighted by Crippen LogP contribution is 2.29. The molecule has 0 spiro atoms. The zero-order valence-electron chi connectivity index (χ0n) is 13.3. The molecule has 0 atom stereocenters. The molecule has 0 radical (unpaired) electrons. The van der Waals surface area contributed by atoms with Crippen LogP contribution in [0.5, 0.6) is 0 Å². The fourth-order valence-corrected chi connectivity index (χ4v) is 3.93. The van der Waals surface area contributed by atoms with Crippen molar-refractivity contribution in [2.45, 2.75) is 26.7 Å². The van der Waals surface area contributed by atoms with E-state index in [-0.39, 0.29) is 5.91 Å². The van der Waals surface area contributed by atoms with Crippen molar-refractivity contribution in [3.8, 4) is 10.6 Å². The third-order valence-electron chi connectivity index (χ3n) is 3.67. The van der Waals surface area contributed by atoms with Crippen LogP contribution in [-0.4, -0.2) is 10.9 Å². The number of carbonyl (C=O) groups is 1. The number of thiophene rings is 1. The van der Waals surface area contributed by atoms with Gasteiger partial charge in [-0.15, -0.1) is 11.3 Å². The van der Waals surface area contributed by atoms with E-state index in [1.165, 1.54) is 11.3 Å². The summed E-state index contributed by atoms with van der Waals surface area (Å²) in [7, 11) is 0. The molecule has 0 bridgehead atoms. The lowest BCUT2D eigenvalue weighted by atomic mass is 9.98. The Morgan fingerprint density at radius 2 is 2.04 bits per heavy atom. The van der Waals surface area contributed by atoms with Gasteiger partial charge in [-0.3, -0.25) is 4.79 Å². The number of aryl methyl sites for hydroxylation is 1. The first-order valence-corrected chi connectivity index (χ1v) is 9.27. The van der Waals surface area contributed by atoms with Crippen molar-refractivity contribution >= 4 is 34.3 Å². The Morgan fingerprint density at radius 1 is 1.22 bits per heavy atom. The monoisotopic (exact) mass is 342 g/mol. The number of nitrogens with one attached hydrogen (secondary N) is 1. The highest BCUT2D eigenvalue weighted by Gasteiger charge is 2.16. The quantitative estimate of drug-likeness (QED) is 0.675. The number of rotatable bonds is 4. The first kappa shape index (κ1) is 15.9. The third-order valence-corrected chi connectivity index (χ3v) is 5.25. The Morgan fingerprint density at radius 3 is 2.74 bits per heavy atom. The molecule has 1 aromatic carbocycles. The van der Waals surface area contributed by atoms with Gasteiger partial charge in [0, 0.05) is 22.0 Å². The lowest BCUT2D eigenvalue weighted by Crippen LogP contribution is -2.15. The van der Waals surface area contributed by atoms with E-state index in [4.69, 9.17) is 0 Å². The average molecular weight is 342 g/mol. The number of nitrogens with zero attached hydrogens (tertiary/aromatic N) is 1. The molecule has 3 rings (SSSR count). The maximum atomic E-state index is 12.6. The Balaban J connectivity index is 1.86. The van der Waals surface area contributed by atoms with Crippen LogP contribution in [0.4, 0.5) is 5.69 Å². The van der Waals surface area contributed by atoms with Crippen LogP contribution in [-0.2, 0) is 0 Å². The maximum absolute atomic E-state index is 12.6. The number of benzene rings is 1. The predicted octanol–water partition coefficient (Wildman–Crippen LogP) is 5.56. The molecule has 3 nitrogen and oxygen atoms in total. The molecule has 23 heavy (non-hydrogen) atoms. The van der Waals surface area contributed by atoms with Crippen LogP contribution < -0.4 is 5.32 Å². The van der Waals surface area contributed by atoms with Gasteiger partial charge in [0.15, 0.2) is 0 Å². The van der Waals surface area contributed by atoms with Crippen LogP contribution >= 0.6 is 22.7 Å². The molecular formula is C18H18N2OS2. The number of aromatic nitrogens is 1. The van der Waals surface area contributed by atoms with Crippen molar-refractivity contribution in [2.24, 2.45) is 0 Å².